The van der Waals surface area contributed by atoms with Gasteiger partial charge in [-0.15, -0.1) is 0 Å². The fourth-order valence-electron chi connectivity index (χ4n) is 3.91. The average molecular weight is 391 g/mol. The number of hydrogen-bond acceptors (Lipinski definition) is 5. The lowest BCUT2D eigenvalue weighted by Crippen LogP contribution is -2.44. The minimum atomic E-state index is -1.01. The van der Waals surface area contributed by atoms with Crippen molar-refractivity contribution in [2.24, 2.45) is 5.41 Å². The van der Waals surface area contributed by atoms with E-state index in [2.05, 4.69) is 11.1 Å². The maximum Gasteiger partial charge on any atom is 0.304 e. The summed E-state index contributed by atoms with van der Waals surface area (Å²) in [5.74, 6) is -1.23. The lowest BCUT2D eigenvalue weighted by Gasteiger charge is -2.30. The van der Waals surface area contributed by atoms with E-state index in [0.29, 0.717) is 29.1 Å². The molecule has 4 rings (SSSR count). The highest BCUT2D eigenvalue weighted by molar-refractivity contribution is 7.22. The van der Waals surface area contributed by atoms with Gasteiger partial charge in [-0.3, -0.25) is 14.5 Å². The first-order chi connectivity index (χ1) is 13.4. The van der Waals surface area contributed by atoms with Crippen LogP contribution in [0.3, 0.4) is 0 Å². The molecule has 140 valence electrons. The normalized spacial score (nSPS) is 14.4. The van der Waals surface area contributed by atoms with Gasteiger partial charge in [0.15, 0.2) is 5.13 Å². The average Bonchev–Trinajstić information content (AvgIpc) is 3.26. The number of aliphatic carboxylic acids is 1. The number of carbonyl (C=O) groups excluding carboxylic acids is 1. The van der Waals surface area contributed by atoms with Gasteiger partial charge < -0.3 is 5.11 Å². The highest BCUT2D eigenvalue weighted by Crippen LogP contribution is 2.42. The molecule has 7 heteroatoms. The number of benzene rings is 2. The summed E-state index contributed by atoms with van der Waals surface area (Å²) >= 11 is 1.35. The van der Waals surface area contributed by atoms with Crippen LogP contribution >= 0.6 is 11.3 Å². The first-order valence-electron chi connectivity index (χ1n) is 8.79. The van der Waals surface area contributed by atoms with E-state index in [9.17, 15) is 14.7 Å². The zero-order valence-corrected chi connectivity index (χ0v) is 16.0. The summed E-state index contributed by atoms with van der Waals surface area (Å²) in [4.78, 5) is 31.0. The summed E-state index contributed by atoms with van der Waals surface area (Å²) in [6.07, 6.45) is 0.582. The highest BCUT2D eigenvalue weighted by atomic mass is 32.1. The maximum atomic E-state index is 13.4. The standard InChI is InChI=1S/C21H17N3O3S/c1-24(20-23-16-8-13(12-22)6-7-17(16)28-20)19(27)21(11-18(25)26)9-14-4-2-3-5-15(14)10-21/h2-8H,9-11H2,1H3,(H,25,26). The van der Waals surface area contributed by atoms with Gasteiger partial charge in [0.05, 0.1) is 33.7 Å². The second kappa shape index (κ2) is 6.73. The van der Waals surface area contributed by atoms with Crippen molar-refractivity contribution in [1.82, 2.24) is 4.98 Å². The van der Waals surface area contributed by atoms with Crippen molar-refractivity contribution in [1.29, 1.82) is 5.26 Å². The minimum Gasteiger partial charge on any atom is -0.481 e. The number of rotatable bonds is 4. The van der Waals surface area contributed by atoms with Crippen LogP contribution in [-0.2, 0) is 22.4 Å². The molecule has 1 amide bonds. The molecule has 0 atom stereocenters. The zero-order chi connectivity index (χ0) is 19.9. The minimum absolute atomic E-state index is 0.228. The molecule has 1 heterocycles. The molecule has 1 aliphatic carbocycles. The van der Waals surface area contributed by atoms with Crippen molar-refractivity contribution in [3.8, 4) is 6.07 Å². The summed E-state index contributed by atoms with van der Waals surface area (Å²) in [5.41, 5.74) is 2.19. The van der Waals surface area contributed by atoms with Crippen molar-refractivity contribution in [3.63, 3.8) is 0 Å². The Morgan fingerprint density at radius 2 is 1.93 bits per heavy atom. The number of aromatic nitrogens is 1. The number of anilines is 1. The molecular weight excluding hydrogens is 374 g/mol. The van der Waals surface area contributed by atoms with E-state index in [1.807, 2.05) is 30.3 Å². The van der Waals surface area contributed by atoms with E-state index < -0.39 is 11.4 Å². The van der Waals surface area contributed by atoms with Crippen LogP contribution < -0.4 is 4.90 Å². The largest absolute Gasteiger partial charge is 0.481 e. The molecule has 1 N–H and O–H groups in total. The Morgan fingerprint density at radius 3 is 2.54 bits per heavy atom. The number of nitriles is 1. The number of amides is 1. The molecule has 1 aliphatic rings. The zero-order valence-electron chi connectivity index (χ0n) is 15.2. The lowest BCUT2D eigenvalue weighted by molar-refractivity contribution is -0.144. The van der Waals surface area contributed by atoms with E-state index in [1.54, 1.807) is 19.2 Å². The molecule has 2 aromatic carbocycles. The summed E-state index contributed by atoms with van der Waals surface area (Å²) in [7, 11) is 1.64. The van der Waals surface area contributed by atoms with Crippen LogP contribution in [0, 0.1) is 16.7 Å². The molecule has 0 fully saturated rings. The van der Waals surface area contributed by atoms with Crippen LogP contribution in [0.15, 0.2) is 42.5 Å². The van der Waals surface area contributed by atoms with E-state index in [1.165, 1.54) is 16.2 Å². The number of hydrogen-bond donors (Lipinski definition) is 1. The summed E-state index contributed by atoms with van der Waals surface area (Å²) in [5, 5.41) is 19.0. The Labute approximate surface area is 165 Å². The summed E-state index contributed by atoms with van der Waals surface area (Å²) in [6.45, 7) is 0. The second-order valence-corrected chi connectivity index (χ2v) is 8.14. The van der Waals surface area contributed by atoms with Crippen molar-refractivity contribution in [3.05, 3.63) is 59.2 Å². The van der Waals surface area contributed by atoms with Crippen LogP contribution in [0.1, 0.15) is 23.1 Å². The Kier molecular flexibility index (Phi) is 4.36. The Bertz CT molecular complexity index is 1120. The third kappa shape index (κ3) is 3.02. The molecule has 0 bridgehead atoms. The van der Waals surface area contributed by atoms with Gasteiger partial charge in [0.25, 0.3) is 0 Å². The summed E-state index contributed by atoms with van der Waals surface area (Å²) in [6, 6.07) is 15.0. The molecule has 0 saturated carbocycles. The van der Waals surface area contributed by atoms with E-state index >= 15 is 0 Å². The van der Waals surface area contributed by atoms with Crippen LogP contribution in [0.5, 0.6) is 0 Å². The molecule has 1 aromatic heterocycles. The molecule has 28 heavy (non-hydrogen) atoms. The molecule has 0 aliphatic heterocycles. The van der Waals surface area contributed by atoms with Gasteiger partial charge in [-0.1, -0.05) is 35.6 Å². The van der Waals surface area contributed by atoms with Crippen LogP contribution in [0.4, 0.5) is 5.13 Å². The smallest absolute Gasteiger partial charge is 0.304 e. The Hall–Kier alpha value is -3.24. The number of thiazole rings is 1. The molecule has 0 spiro atoms. The topological polar surface area (TPSA) is 94.3 Å². The first-order valence-corrected chi connectivity index (χ1v) is 9.61. The van der Waals surface area contributed by atoms with Gasteiger partial charge in [0.1, 0.15) is 0 Å². The molecular formula is C21H17N3O3S. The molecule has 3 aromatic rings. The van der Waals surface area contributed by atoms with E-state index in [-0.39, 0.29) is 12.3 Å². The van der Waals surface area contributed by atoms with Gasteiger partial charge in [-0.2, -0.15) is 5.26 Å². The van der Waals surface area contributed by atoms with Crippen LogP contribution in [0.2, 0.25) is 0 Å². The summed E-state index contributed by atoms with van der Waals surface area (Å²) < 4.78 is 0.871. The molecule has 6 nitrogen and oxygen atoms in total. The van der Waals surface area contributed by atoms with Crippen molar-refractivity contribution >= 4 is 38.6 Å². The monoisotopic (exact) mass is 391 g/mol. The van der Waals surface area contributed by atoms with Gasteiger partial charge >= 0.3 is 5.97 Å². The molecule has 0 saturated heterocycles. The SMILES string of the molecule is CN(C(=O)C1(CC(=O)O)Cc2ccccc2C1)c1nc2cc(C#N)ccc2s1. The number of nitrogens with zero attached hydrogens (tertiary/aromatic N) is 3. The quantitative estimate of drug-likeness (QED) is 0.736. The van der Waals surface area contributed by atoms with E-state index in [0.717, 1.165) is 15.8 Å². The number of fused-ring (bicyclic) bond motifs is 2. The van der Waals surface area contributed by atoms with Crippen molar-refractivity contribution in [2.75, 3.05) is 11.9 Å². The van der Waals surface area contributed by atoms with Gasteiger partial charge in [-0.05, 0) is 42.2 Å². The first kappa shape index (κ1) is 18.1. The second-order valence-electron chi connectivity index (χ2n) is 7.13. The fourth-order valence-corrected chi connectivity index (χ4v) is 4.81. The maximum absolute atomic E-state index is 13.4. The van der Waals surface area contributed by atoms with E-state index in [4.69, 9.17) is 5.26 Å². The predicted molar refractivity (Wildman–Crippen MR) is 106 cm³/mol. The third-order valence-electron chi connectivity index (χ3n) is 5.22. The van der Waals surface area contributed by atoms with Crippen molar-refractivity contribution in [2.45, 2.75) is 19.3 Å². The lowest BCUT2D eigenvalue weighted by atomic mass is 9.80. The van der Waals surface area contributed by atoms with Gasteiger partial charge in [0, 0.05) is 7.05 Å². The van der Waals surface area contributed by atoms with Crippen LogP contribution in [-0.4, -0.2) is 29.0 Å². The Morgan fingerprint density at radius 1 is 1.25 bits per heavy atom. The fraction of sp³-hybridized carbons (Fsp3) is 0.238. The Balaban J connectivity index is 1.69. The van der Waals surface area contributed by atoms with Gasteiger partial charge in [0.2, 0.25) is 5.91 Å². The van der Waals surface area contributed by atoms with Crippen molar-refractivity contribution < 1.29 is 14.7 Å². The number of carboxylic acids is 1. The number of carboxylic acid groups (broad SMARTS) is 1. The highest BCUT2D eigenvalue weighted by Gasteiger charge is 2.47. The number of carbonyl (C=O) groups is 2. The third-order valence-corrected chi connectivity index (χ3v) is 6.33. The molecule has 0 radical (unpaired) electrons. The predicted octanol–water partition coefficient (Wildman–Crippen LogP) is 3.39. The molecule has 0 unspecified atom stereocenters. The van der Waals surface area contributed by atoms with Gasteiger partial charge in [-0.25, -0.2) is 4.98 Å². The van der Waals surface area contributed by atoms with Crippen LogP contribution in [0.25, 0.3) is 10.2 Å².